The molecule has 0 unspecified atom stereocenters. The summed E-state index contributed by atoms with van der Waals surface area (Å²) in [7, 11) is 0. The van der Waals surface area contributed by atoms with E-state index in [0.717, 1.165) is 6.42 Å². The molecule has 0 bridgehead atoms. The third kappa shape index (κ3) is 1.06. The van der Waals surface area contributed by atoms with Gasteiger partial charge in [-0.05, 0) is 25.5 Å². The highest BCUT2D eigenvalue weighted by Gasteiger charge is 1.93. The van der Waals surface area contributed by atoms with Crippen LogP contribution in [0, 0.1) is 5.41 Å². The second-order valence-corrected chi connectivity index (χ2v) is 2.05. The first-order valence-electron chi connectivity index (χ1n) is 2.71. The Bertz CT molecular complexity index is 163. The molecule has 0 saturated heterocycles. The molecule has 0 radical (unpaired) electrons. The fourth-order valence-corrected chi connectivity index (χ4v) is 0.744. The molecule has 0 heterocycles. The second-order valence-electron chi connectivity index (χ2n) is 2.05. The van der Waals surface area contributed by atoms with E-state index < -0.39 is 0 Å². The van der Waals surface area contributed by atoms with Crippen molar-refractivity contribution in [2.75, 3.05) is 0 Å². The highest BCUT2D eigenvalue weighted by Crippen LogP contribution is 2.06. The van der Waals surface area contributed by atoms with E-state index >= 15 is 0 Å². The van der Waals surface area contributed by atoms with Gasteiger partial charge in [0.05, 0.1) is 5.71 Å². The zero-order valence-electron chi connectivity index (χ0n) is 4.94. The van der Waals surface area contributed by atoms with Crippen molar-refractivity contribution < 1.29 is 0 Å². The van der Waals surface area contributed by atoms with Gasteiger partial charge < -0.3 is 5.41 Å². The van der Waals surface area contributed by atoms with Crippen molar-refractivity contribution in [3.05, 3.63) is 23.8 Å². The minimum atomic E-state index is 0.619. The Morgan fingerprint density at radius 2 is 2.38 bits per heavy atom. The topological polar surface area (TPSA) is 23.9 Å². The van der Waals surface area contributed by atoms with Gasteiger partial charge in [0.15, 0.2) is 0 Å². The van der Waals surface area contributed by atoms with Gasteiger partial charge in [0, 0.05) is 0 Å². The maximum Gasteiger partial charge on any atom is 0.0536 e. The van der Waals surface area contributed by atoms with E-state index in [9.17, 15) is 0 Å². The molecule has 42 valence electrons. The van der Waals surface area contributed by atoms with Crippen LogP contribution in [-0.4, -0.2) is 5.71 Å². The Morgan fingerprint density at radius 3 is 2.75 bits per heavy atom. The Hall–Kier alpha value is -0.850. The molecule has 0 fully saturated rings. The predicted octanol–water partition coefficient (Wildman–Crippen LogP) is 1.91. The van der Waals surface area contributed by atoms with Crippen molar-refractivity contribution in [2.45, 2.75) is 13.3 Å². The molecule has 0 spiro atoms. The van der Waals surface area contributed by atoms with E-state index in [0.29, 0.717) is 5.71 Å². The molecule has 1 aliphatic rings. The molecule has 0 aliphatic heterocycles. The fourth-order valence-electron chi connectivity index (χ4n) is 0.744. The number of hydrogen-bond acceptors (Lipinski definition) is 1. The summed E-state index contributed by atoms with van der Waals surface area (Å²) in [6.07, 6.45) is 6.74. The summed E-state index contributed by atoms with van der Waals surface area (Å²) >= 11 is 0. The molecular formula is C7H9N. The van der Waals surface area contributed by atoms with Crippen LogP contribution >= 0.6 is 0 Å². The van der Waals surface area contributed by atoms with Gasteiger partial charge in [0.25, 0.3) is 0 Å². The van der Waals surface area contributed by atoms with Crippen LogP contribution in [0.3, 0.4) is 0 Å². The van der Waals surface area contributed by atoms with Crippen molar-refractivity contribution in [1.82, 2.24) is 0 Å². The van der Waals surface area contributed by atoms with Crippen molar-refractivity contribution in [1.29, 1.82) is 5.41 Å². The summed E-state index contributed by atoms with van der Waals surface area (Å²) in [6.45, 7) is 2.04. The quantitative estimate of drug-likeness (QED) is 0.489. The second kappa shape index (κ2) is 1.95. The zero-order chi connectivity index (χ0) is 5.98. The number of hydrogen-bond donors (Lipinski definition) is 1. The first-order chi connectivity index (χ1) is 3.79. The van der Waals surface area contributed by atoms with Crippen LogP contribution < -0.4 is 0 Å². The van der Waals surface area contributed by atoms with Crippen LogP contribution in [0.5, 0.6) is 0 Å². The van der Waals surface area contributed by atoms with Crippen LogP contribution in [0.2, 0.25) is 0 Å². The summed E-state index contributed by atoms with van der Waals surface area (Å²) in [6, 6.07) is 0. The maximum atomic E-state index is 7.16. The molecule has 0 aromatic rings. The van der Waals surface area contributed by atoms with E-state index in [-0.39, 0.29) is 0 Å². The highest BCUT2D eigenvalue weighted by molar-refractivity contribution is 6.02. The average molecular weight is 107 g/mol. The molecule has 0 amide bonds. The lowest BCUT2D eigenvalue weighted by atomic mass is 10.1. The van der Waals surface area contributed by atoms with Crippen molar-refractivity contribution in [3.8, 4) is 0 Å². The lowest BCUT2D eigenvalue weighted by molar-refractivity contribution is 1.20. The molecule has 1 aliphatic carbocycles. The zero-order valence-corrected chi connectivity index (χ0v) is 4.94. The number of allylic oxidation sites excluding steroid dienone is 4. The smallest absolute Gasteiger partial charge is 0.0536 e. The van der Waals surface area contributed by atoms with Gasteiger partial charge >= 0.3 is 0 Å². The van der Waals surface area contributed by atoms with E-state index in [4.69, 9.17) is 5.41 Å². The molecule has 0 aromatic carbocycles. The monoisotopic (exact) mass is 107 g/mol. The van der Waals surface area contributed by atoms with Gasteiger partial charge in [-0.3, -0.25) is 0 Å². The Kier molecular flexibility index (Phi) is 1.29. The summed E-state index contributed by atoms with van der Waals surface area (Å²) < 4.78 is 0. The first kappa shape index (κ1) is 5.29. The standard InChI is InChI=1S/C7H9N/c1-6-3-2-4-7(8)5-6/h2,4-5,8H,3H2,1H3. The van der Waals surface area contributed by atoms with Gasteiger partial charge in [-0.25, -0.2) is 0 Å². The molecule has 0 atom stereocenters. The van der Waals surface area contributed by atoms with Gasteiger partial charge in [-0.1, -0.05) is 11.6 Å². The first-order valence-corrected chi connectivity index (χ1v) is 2.71. The third-order valence-electron chi connectivity index (χ3n) is 1.14. The van der Waals surface area contributed by atoms with Gasteiger partial charge in [0.2, 0.25) is 0 Å². The fraction of sp³-hybridized carbons (Fsp3) is 0.286. The van der Waals surface area contributed by atoms with Crippen LogP contribution in [0.25, 0.3) is 0 Å². The molecular weight excluding hydrogens is 98.1 g/mol. The lowest BCUT2D eigenvalue weighted by Crippen LogP contribution is -1.91. The summed E-state index contributed by atoms with van der Waals surface area (Å²) in [5, 5.41) is 7.16. The Morgan fingerprint density at radius 1 is 1.62 bits per heavy atom. The lowest BCUT2D eigenvalue weighted by Gasteiger charge is -1.99. The van der Waals surface area contributed by atoms with Crippen LogP contribution in [0.4, 0.5) is 0 Å². The van der Waals surface area contributed by atoms with Crippen molar-refractivity contribution in [2.24, 2.45) is 0 Å². The maximum absolute atomic E-state index is 7.16. The third-order valence-corrected chi connectivity index (χ3v) is 1.14. The molecule has 1 heteroatoms. The van der Waals surface area contributed by atoms with E-state index in [1.165, 1.54) is 5.57 Å². The molecule has 0 saturated carbocycles. The molecule has 8 heavy (non-hydrogen) atoms. The van der Waals surface area contributed by atoms with Gasteiger partial charge in [-0.15, -0.1) is 0 Å². The van der Waals surface area contributed by atoms with Crippen LogP contribution in [-0.2, 0) is 0 Å². The minimum absolute atomic E-state index is 0.619. The predicted molar refractivity (Wildman–Crippen MR) is 35.2 cm³/mol. The largest absolute Gasteiger partial charge is 0.301 e. The van der Waals surface area contributed by atoms with Crippen LogP contribution in [0.1, 0.15) is 13.3 Å². The SMILES string of the molecule is CC1=CC(=N)C=CC1. The van der Waals surface area contributed by atoms with Gasteiger partial charge in [0.1, 0.15) is 0 Å². The van der Waals surface area contributed by atoms with E-state index in [1.54, 1.807) is 0 Å². The average Bonchev–Trinajstić information content (AvgIpc) is 1.64. The van der Waals surface area contributed by atoms with E-state index in [2.05, 4.69) is 0 Å². The number of nitrogens with one attached hydrogen (secondary N) is 1. The normalized spacial score (nSPS) is 18.6. The molecule has 0 aromatic heterocycles. The van der Waals surface area contributed by atoms with Crippen molar-refractivity contribution >= 4 is 5.71 Å². The van der Waals surface area contributed by atoms with Crippen LogP contribution in [0.15, 0.2) is 23.8 Å². The highest BCUT2D eigenvalue weighted by atomic mass is 14.4. The van der Waals surface area contributed by atoms with E-state index in [1.807, 2.05) is 25.2 Å². The molecule has 1 rings (SSSR count). The Balaban J connectivity index is 2.74. The van der Waals surface area contributed by atoms with Crippen molar-refractivity contribution in [3.63, 3.8) is 0 Å². The number of rotatable bonds is 0. The molecule has 1 N–H and O–H groups in total. The summed E-state index contributed by atoms with van der Waals surface area (Å²) in [4.78, 5) is 0. The minimum Gasteiger partial charge on any atom is -0.301 e. The molecule has 1 nitrogen and oxygen atoms in total. The Labute approximate surface area is 49.2 Å². The van der Waals surface area contributed by atoms with Gasteiger partial charge in [-0.2, -0.15) is 0 Å². The summed E-state index contributed by atoms with van der Waals surface area (Å²) in [5.41, 5.74) is 1.89. The summed E-state index contributed by atoms with van der Waals surface area (Å²) in [5.74, 6) is 0.